The zero-order valence-electron chi connectivity index (χ0n) is 19.9. The van der Waals surface area contributed by atoms with Crippen molar-refractivity contribution in [3.8, 4) is 0 Å². The largest absolute Gasteiger partial charge is 1.00 e. The van der Waals surface area contributed by atoms with Gasteiger partial charge in [-0.25, -0.2) is 4.57 Å². The topological polar surface area (TPSA) is 58.6 Å². The van der Waals surface area contributed by atoms with Crippen LogP contribution >= 0.6 is 54.5 Å². The van der Waals surface area contributed by atoms with Gasteiger partial charge in [0.15, 0.2) is 0 Å². The first-order valence-corrected chi connectivity index (χ1v) is 15.0. The van der Waals surface area contributed by atoms with Gasteiger partial charge >= 0.3 is 37.4 Å². The van der Waals surface area contributed by atoms with Crippen LogP contribution in [0.25, 0.3) is 23.7 Å². The van der Waals surface area contributed by atoms with E-state index >= 15 is 0 Å². The molecule has 0 fully saturated rings. The fourth-order valence-corrected chi connectivity index (χ4v) is 7.52. The second-order valence-corrected chi connectivity index (χ2v) is 12.5. The van der Waals surface area contributed by atoms with E-state index < -0.39 is 7.82 Å². The van der Waals surface area contributed by atoms with Gasteiger partial charge in [0.25, 0.3) is 0 Å². The molecule has 2 aliphatic rings. The second kappa shape index (κ2) is 11.5. The van der Waals surface area contributed by atoms with Crippen LogP contribution < -0.4 is 34.5 Å². The Morgan fingerprint density at radius 1 is 0.632 bits per heavy atom. The molecule has 0 aliphatic carbocycles. The van der Waals surface area contributed by atoms with Gasteiger partial charge in [0, 0.05) is 40.8 Å². The fraction of sp³-hybridized carbons (Fsp3) is 0. The van der Waals surface area contributed by atoms with Crippen LogP contribution in [0.2, 0.25) is 10.0 Å². The van der Waals surface area contributed by atoms with Gasteiger partial charge < -0.3 is 13.9 Å². The molecular weight excluding hydrogens is 589 g/mol. The standard InChI is InChI=1S/C28H17Cl2O4PS2.Na/c29-19-11-9-17-13-23(21-5-1-3-7-25(21)36-27(17)15-19)33-35(31,32)34-24-14-18-10-12-20(30)16-28(18)37-26-8-4-2-6-22(24)26;/h1-16H,(H,31,32);/q;+1/p-1. The molecule has 0 N–H and O–H groups in total. The van der Waals surface area contributed by atoms with Crippen molar-refractivity contribution in [2.24, 2.45) is 0 Å². The van der Waals surface area contributed by atoms with E-state index in [9.17, 15) is 9.46 Å². The van der Waals surface area contributed by atoms with Crippen molar-refractivity contribution in [1.29, 1.82) is 0 Å². The Morgan fingerprint density at radius 3 is 1.50 bits per heavy atom. The summed E-state index contributed by atoms with van der Waals surface area (Å²) in [6.45, 7) is 0. The third-order valence-electron chi connectivity index (χ3n) is 5.69. The fourth-order valence-electron chi connectivity index (χ4n) is 4.04. The summed E-state index contributed by atoms with van der Waals surface area (Å²) in [6, 6.07) is 25.8. The van der Waals surface area contributed by atoms with Gasteiger partial charge in [-0.15, -0.1) is 0 Å². The van der Waals surface area contributed by atoms with Crippen molar-refractivity contribution >= 4 is 78.2 Å². The van der Waals surface area contributed by atoms with E-state index in [1.165, 1.54) is 23.5 Å². The smallest absolute Gasteiger partial charge is 0.736 e. The van der Waals surface area contributed by atoms with Crippen LogP contribution in [0.4, 0.5) is 0 Å². The minimum Gasteiger partial charge on any atom is -0.736 e. The van der Waals surface area contributed by atoms with Gasteiger partial charge in [-0.05, 0) is 59.7 Å². The van der Waals surface area contributed by atoms with Crippen LogP contribution in [0.3, 0.4) is 0 Å². The molecular formula is C28H16Cl2NaO4PS2. The van der Waals surface area contributed by atoms with E-state index in [0.29, 0.717) is 21.2 Å². The Kier molecular flexibility index (Phi) is 8.47. The summed E-state index contributed by atoms with van der Waals surface area (Å²) in [7, 11) is -4.88. The van der Waals surface area contributed by atoms with E-state index in [1.807, 2.05) is 72.8 Å². The van der Waals surface area contributed by atoms with E-state index in [0.717, 1.165) is 30.7 Å². The van der Waals surface area contributed by atoms with Crippen molar-refractivity contribution in [2.75, 3.05) is 0 Å². The number of phosphoric ester groups is 1. The molecule has 0 unspecified atom stereocenters. The van der Waals surface area contributed by atoms with Crippen molar-refractivity contribution in [1.82, 2.24) is 0 Å². The molecule has 4 aromatic rings. The number of benzene rings is 4. The Morgan fingerprint density at radius 2 is 1.05 bits per heavy atom. The zero-order chi connectivity index (χ0) is 25.6. The Bertz CT molecular complexity index is 1560. The van der Waals surface area contributed by atoms with Crippen LogP contribution in [-0.2, 0) is 13.6 Å². The number of rotatable bonds is 4. The predicted octanol–water partition coefficient (Wildman–Crippen LogP) is 6.12. The zero-order valence-corrected chi connectivity index (χ0v) is 25.9. The van der Waals surface area contributed by atoms with Gasteiger partial charge in [0.1, 0.15) is 11.5 Å². The van der Waals surface area contributed by atoms with E-state index in [-0.39, 0.29) is 41.1 Å². The summed E-state index contributed by atoms with van der Waals surface area (Å²) >= 11 is 15.4. The monoisotopic (exact) mass is 604 g/mol. The van der Waals surface area contributed by atoms with Crippen molar-refractivity contribution in [2.45, 2.75) is 19.6 Å². The summed E-state index contributed by atoms with van der Waals surface area (Å²) in [5.41, 5.74) is 2.87. The van der Waals surface area contributed by atoms with Crippen molar-refractivity contribution < 1.29 is 48.1 Å². The molecule has 0 aromatic heterocycles. The maximum Gasteiger partial charge on any atom is 1.00 e. The minimum absolute atomic E-state index is 0. The first kappa shape index (κ1) is 28.0. The van der Waals surface area contributed by atoms with Crippen molar-refractivity contribution in [3.05, 3.63) is 117 Å². The molecule has 0 spiro atoms. The molecule has 184 valence electrons. The first-order chi connectivity index (χ1) is 17.8. The molecule has 4 nitrogen and oxygen atoms in total. The average molecular weight is 605 g/mol. The van der Waals surface area contributed by atoms with Crippen LogP contribution in [0.15, 0.2) is 105 Å². The molecule has 2 heterocycles. The number of hydrogen-bond acceptors (Lipinski definition) is 6. The van der Waals surface area contributed by atoms with Crippen molar-refractivity contribution in [3.63, 3.8) is 0 Å². The third kappa shape index (κ3) is 5.95. The maximum absolute atomic E-state index is 13.4. The SMILES string of the molecule is O=P([O-])(OC1=Cc2ccc(Cl)cc2Sc2ccccc21)OC1=Cc2ccc(Cl)cc2Sc2ccccc21.[Na+]. The number of hydrogen-bond donors (Lipinski definition) is 0. The summed E-state index contributed by atoms with van der Waals surface area (Å²) < 4.78 is 24.7. The molecule has 0 amide bonds. The van der Waals surface area contributed by atoms with Gasteiger partial charge in [-0.2, -0.15) is 0 Å². The van der Waals surface area contributed by atoms with Crippen LogP contribution in [0, 0.1) is 0 Å². The van der Waals surface area contributed by atoms with E-state index in [2.05, 4.69) is 0 Å². The summed E-state index contributed by atoms with van der Waals surface area (Å²) in [6.07, 6.45) is 3.39. The summed E-state index contributed by atoms with van der Waals surface area (Å²) in [4.78, 5) is 16.9. The van der Waals surface area contributed by atoms with Crippen LogP contribution in [0.5, 0.6) is 0 Å². The molecule has 0 bridgehead atoms. The molecule has 0 radical (unpaired) electrons. The molecule has 38 heavy (non-hydrogen) atoms. The van der Waals surface area contributed by atoms with Gasteiger partial charge in [0.05, 0.1) is 0 Å². The second-order valence-electron chi connectivity index (χ2n) is 8.21. The molecule has 0 saturated carbocycles. The molecule has 4 aromatic carbocycles. The predicted molar refractivity (Wildman–Crippen MR) is 150 cm³/mol. The van der Waals surface area contributed by atoms with E-state index in [4.69, 9.17) is 32.2 Å². The maximum atomic E-state index is 13.4. The Labute approximate surface area is 261 Å². The number of phosphoric acid groups is 1. The molecule has 6 rings (SSSR count). The van der Waals surface area contributed by atoms with Crippen LogP contribution in [0.1, 0.15) is 22.3 Å². The molecule has 2 aliphatic heterocycles. The van der Waals surface area contributed by atoms with Gasteiger partial charge in [-0.3, -0.25) is 0 Å². The first-order valence-electron chi connectivity index (χ1n) is 11.1. The average Bonchev–Trinajstić information content (AvgIpc) is 3.10. The summed E-state index contributed by atoms with van der Waals surface area (Å²) in [5, 5.41) is 1.19. The van der Waals surface area contributed by atoms with Gasteiger partial charge in [-0.1, -0.05) is 95.3 Å². The summed E-state index contributed by atoms with van der Waals surface area (Å²) in [5.74, 6) is 0.345. The quantitative estimate of drug-likeness (QED) is 0.206. The number of fused-ring (bicyclic) bond motifs is 4. The minimum atomic E-state index is -4.88. The molecule has 0 saturated heterocycles. The third-order valence-corrected chi connectivity index (χ3v) is 9.30. The normalized spacial score (nSPS) is 13.7. The molecule has 10 heteroatoms. The van der Waals surface area contributed by atoms with Crippen LogP contribution in [-0.4, -0.2) is 0 Å². The van der Waals surface area contributed by atoms with E-state index in [1.54, 1.807) is 24.3 Å². The Hall–Kier alpha value is -1.57. The Balaban J connectivity index is 0.00000294. The number of halogens is 2. The van der Waals surface area contributed by atoms with Gasteiger partial charge in [0.2, 0.25) is 0 Å². The molecule has 0 atom stereocenters.